The summed E-state index contributed by atoms with van der Waals surface area (Å²) in [7, 11) is 0. The Kier molecular flexibility index (Phi) is 5.40. The van der Waals surface area contributed by atoms with Crippen molar-refractivity contribution in [2.45, 2.75) is 26.4 Å². The molecule has 7 heteroatoms. The van der Waals surface area contributed by atoms with Gasteiger partial charge in [-0.3, -0.25) is 4.79 Å². The molecule has 0 aliphatic rings. The highest BCUT2D eigenvalue weighted by atomic mass is 16.6. The maximum absolute atomic E-state index is 11.7. The van der Waals surface area contributed by atoms with Crippen molar-refractivity contribution in [2.75, 3.05) is 13.1 Å². The minimum absolute atomic E-state index is 0.208. The lowest BCUT2D eigenvalue weighted by Crippen LogP contribution is -2.37. The molecule has 0 fully saturated rings. The smallest absolute Gasteiger partial charge is 0.407 e. The van der Waals surface area contributed by atoms with Crippen LogP contribution in [0.5, 0.6) is 11.5 Å². The number of amides is 2. The van der Waals surface area contributed by atoms with Gasteiger partial charge in [-0.2, -0.15) is 0 Å². The fraction of sp³-hybridized carbons (Fsp3) is 0.429. The summed E-state index contributed by atoms with van der Waals surface area (Å²) in [5, 5.41) is 23.5. The lowest BCUT2D eigenvalue weighted by Gasteiger charge is -2.19. The normalized spacial score (nSPS) is 10.8. The van der Waals surface area contributed by atoms with E-state index in [0.29, 0.717) is 0 Å². The van der Waals surface area contributed by atoms with E-state index in [1.165, 1.54) is 12.1 Å². The molecule has 0 saturated carbocycles. The van der Waals surface area contributed by atoms with Crippen molar-refractivity contribution in [3.8, 4) is 11.5 Å². The summed E-state index contributed by atoms with van der Waals surface area (Å²) in [5.41, 5.74) is -0.362. The molecule has 7 nitrogen and oxygen atoms in total. The van der Waals surface area contributed by atoms with E-state index in [-0.39, 0.29) is 30.2 Å². The van der Waals surface area contributed by atoms with Crippen LogP contribution >= 0.6 is 0 Å². The van der Waals surface area contributed by atoms with Gasteiger partial charge in [0.05, 0.1) is 0 Å². The van der Waals surface area contributed by atoms with Crippen molar-refractivity contribution in [1.29, 1.82) is 0 Å². The number of benzene rings is 1. The quantitative estimate of drug-likeness (QED) is 0.495. The zero-order chi connectivity index (χ0) is 16.0. The number of aromatic hydroxyl groups is 2. The molecule has 1 rings (SSSR count). The van der Waals surface area contributed by atoms with E-state index in [0.717, 1.165) is 6.07 Å². The molecule has 2 amide bonds. The maximum atomic E-state index is 11.7. The topological polar surface area (TPSA) is 108 Å². The number of ether oxygens (including phenoxy) is 1. The number of carbonyl (C=O) groups excluding carboxylic acids is 2. The predicted octanol–water partition coefficient (Wildman–Crippen LogP) is 1.35. The molecule has 0 atom stereocenters. The van der Waals surface area contributed by atoms with Gasteiger partial charge >= 0.3 is 6.09 Å². The lowest BCUT2D eigenvalue weighted by molar-refractivity contribution is 0.0526. The molecule has 0 heterocycles. The molecule has 4 N–H and O–H groups in total. The van der Waals surface area contributed by atoms with Gasteiger partial charge in [-0.25, -0.2) is 4.79 Å². The fourth-order valence-corrected chi connectivity index (χ4v) is 1.42. The number of hydrogen-bond acceptors (Lipinski definition) is 5. The number of alkyl carbamates (subject to hydrolysis) is 1. The van der Waals surface area contributed by atoms with Gasteiger partial charge in [0.1, 0.15) is 5.60 Å². The molecule has 0 unspecified atom stereocenters. The molecule has 0 spiro atoms. The average molecular weight is 296 g/mol. The Balaban J connectivity index is 2.34. The van der Waals surface area contributed by atoms with Crippen LogP contribution in [0.1, 0.15) is 31.1 Å². The highest BCUT2D eigenvalue weighted by Crippen LogP contribution is 2.24. The predicted molar refractivity (Wildman–Crippen MR) is 76.3 cm³/mol. The van der Waals surface area contributed by atoms with Crippen molar-refractivity contribution < 1.29 is 24.5 Å². The minimum atomic E-state index is -0.573. The molecule has 1 aromatic rings. The van der Waals surface area contributed by atoms with Gasteiger partial charge in [0.15, 0.2) is 11.5 Å². The molecule has 116 valence electrons. The first-order chi connectivity index (χ1) is 9.69. The molecule has 0 bridgehead atoms. The Bertz CT molecular complexity index is 523. The fourth-order valence-electron chi connectivity index (χ4n) is 1.42. The van der Waals surface area contributed by atoms with Gasteiger partial charge in [0, 0.05) is 18.7 Å². The summed E-state index contributed by atoms with van der Waals surface area (Å²) in [6, 6.07) is 3.76. The first-order valence-electron chi connectivity index (χ1n) is 6.46. The van der Waals surface area contributed by atoms with Crippen LogP contribution in [0.25, 0.3) is 0 Å². The second-order valence-corrected chi connectivity index (χ2v) is 5.39. The summed E-state index contributed by atoms with van der Waals surface area (Å²) in [6.45, 7) is 5.69. The maximum Gasteiger partial charge on any atom is 0.407 e. The van der Waals surface area contributed by atoms with Crippen molar-refractivity contribution >= 4 is 12.0 Å². The van der Waals surface area contributed by atoms with E-state index in [1.807, 2.05) is 0 Å². The van der Waals surface area contributed by atoms with Crippen LogP contribution in [0.2, 0.25) is 0 Å². The highest BCUT2D eigenvalue weighted by molar-refractivity contribution is 5.94. The number of hydrogen-bond donors (Lipinski definition) is 4. The van der Waals surface area contributed by atoms with E-state index in [9.17, 15) is 14.7 Å². The molecule has 1 aromatic carbocycles. The second-order valence-electron chi connectivity index (χ2n) is 5.39. The Labute approximate surface area is 122 Å². The molecular weight excluding hydrogens is 276 g/mol. The summed E-state index contributed by atoms with van der Waals surface area (Å²) >= 11 is 0. The van der Waals surface area contributed by atoms with E-state index in [4.69, 9.17) is 9.84 Å². The number of carbonyl (C=O) groups is 2. The Hall–Kier alpha value is -2.44. The van der Waals surface area contributed by atoms with Gasteiger partial charge in [0.2, 0.25) is 0 Å². The van der Waals surface area contributed by atoms with E-state index in [1.54, 1.807) is 20.8 Å². The zero-order valence-corrected chi connectivity index (χ0v) is 12.3. The molecule has 21 heavy (non-hydrogen) atoms. The van der Waals surface area contributed by atoms with Crippen LogP contribution in [-0.2, 0) is 4.74 Å². The van der Waals surface area contributed by atoms with Gasteiger partial charge < -0.3 is 25.6 Å². The molecule has 0 radical (unpaired) electrons. The van der Waals surface area contributed by atoms with Crippen LogP contribution in [0.3, 0.4) is 0 Å². The number of phenolic OH excluding ortho intramolecular Hbond substituents is 2. The van der Waals surface area contributed by atoms with E-state index < -0.39 is 17.6 Å². The van der Waals surface area contributed by atoms with Gasteiger partial charge in [-0.05, 0) is 39.0 Å². The molecular formula is C14H20N2O5. The van der Waals surface area contributed by atoms with E-state index in [2.05, 4.69) is 10.6 Å². The third kappa shape index (κ3) is 6.03. The largest absolute Gasteiger partial charge is 0.504 e. The van der Waals surface area contributed by atoms with Crippen LogP contribution in [0.4, 0.5) is 4.79 Å². The lowest BCUT2D eigenvalue weighted by atomic mass is 10.2. The summed E-state index contributed by atoms with van der Waals surface area (Å²) in [5.74, 6) is -1.08. The molecule has 0 aliphatic heterocycles. The standard InChI is InChI=1S/C14H20N2O5/c1-14(2,3)21-13(20)16-7-6-15-12(19)9-4-5-10(17)11(18)8-9/h4-5,8,17-18H,6-7H2,1-3H3,(H,15,19)(H,16,20). The SMILES string of the molecule is CC(C)(C)OC(=O)NCCNC(=O)c1ccc(O)c(O)c1. The summed E-state index contributed by atoms with van der Waals surface area (Å²) in [6.07, 6.45) is -0.556. The number of phenols is 2. The summed E-state index contributed by atoms with van der Waals surface area (Å²) in [4.78, 5) is 23.1. The van der Waals surface area contributed by atoms with Crippen LogP contribution in [0, 0.1) is 0 Å². The average Bonchev–Trinajstić information content (AvgIpc) is 2.35. The van der Waals surface area contributed by atoms with Crippen molar-refractivity contribution in [2.24, 2.45) is 0 Å². The first-order valence-corrected chi connectivity index (χ1v) is 6.46. The molecule has 0 aliphatic carbocycles. The second kappa shape index (κ2) is 6.83. The Morgan fingerprint density at radius 3 is 2.29 bits per heavy atom. The first kappa shape index (κ1) is 16.6. The monoisotopic (exact) mass is 296 g/mol. The van der Waals surface area contributed by atoms with E-state index >= 15 is 0 Å². The van der Waals surface area contributed by atoms with Crippen molar-refractivity contribution in [1.82, 2.24) is 10.6 Å². The third-order valence-electron chi connectivity index (χ3n) is 2.32. The van der Waals surface area contributed by atoms with Gasteiger partial charge in [-0.1, -0.05) is 0 Å². The molecule has 0 aromatic heterocycles. The number of nitrogens with one attached hydrogen (secondary N) is 2. The third-order valence-corrected chi connectivity index (χ3v) is 2.32. The van der Waals surface area contributed by atoms with Crippen LogP contribution < -0.4 is 10.6 Å². The summed E-state index contributed by atoms with van der Waals surface area (Å²) < 4.78 is 5.03. The highest BCUT2D eigenvalue weighted by Gasteiger charge is 2.15. The molecule has 0 saturated heterocycles. The van der Waals surface area contributed by atoms with Crippen LogP contribution in [-0.4, -0.2) is 40.9 Å². The zero-order valence-electron chi connectivity index (χ0n) is 12.3. The van der Waals surface area contributed by atoms with Gasteiger partial charge in [0.25, 0.3) is 5.91 Å². The number of rotatable bonds is 4. The van der Waals surface area contributed by atoms with Crippen LogP contribution in [0.15, 0.2) is 18.2 Å². The minimum Gasteiger partial charge on any atom is -0.504 e. The Morgan fingerprint density at radius 1 is 1.10 bits per heavy atom. The van der Waals surface area contributed by atoms with Gasteiger partial charge in [-0.15, -0.1) is 0 Å². The van der Waals surface area contributed by atoms with Crippen molar-refractivity contribution in [3.05, 3.63) is 23.8 Å². The van der Waals surface area contributed by atoms with Crippen molar-refractivity contribution in [3.63, 3.8) is 0 Å². The Morgan fingerprint density at radius 2 is 1.71 bits per heavy atom.